The minimum Gasteiger partial charge on any atom is -0.393 e. The van der Waals surface area contributed by atoms with E-state index in [1.807, 2.05) is 12.1 Å². The van der Waals surface area contributed by atoms with E-state index in [9.17, 15) is 14.8 Å². The summed E-state index contributed by atoms with van der Waals surface area (Å²) in [5.74, 6) is 0.761. The molecule has 0 radical (unpaired) electrons. The van der Waals surface area contributed by atoms with Crippen LogP contribution in [0, 0.1) is 22.6 Å². The molecule has 1 fully saturated rings. The molecular formula is C27H30FN5O. The third-order valence-electron chi connectivity index (χ3n) is 6.54. The fourth-order valence-electron chi connectivity index (χ4n) is 4.42. The summed E-state index contributed by atoms with van der Waals surface area (Å²) in [7, 11) is 0. The Morgan fingerprint density at radius 3 is 2.41 bits per heavy atom. The molecule has 0 aliphatic heterocycles. The van der Waals surface area contributed by atoms with Gasteiger partial charge in [-0.1, -0.05) is 50.2 Å². The molecule has 0 amide bonds. The molecule has 6 nitrogen and oxygen atoms in total. The van der Waals surface area contributed by atoms with Crippen molar-refractivity contribution in [3.05, 3.63) is 71.7 Å². The minimum absolute atomic E-state index is 0.146. The maximum atomic E-state index is 13.1. The van der Waals surface area contributed by atoms with E-state index in [1.54, 1.807) is 12.1 Å². The molecule has 1 saturated carbocycles. The lowest BCUT2D eigenvalue weighted by molar-refractivity contribution is 0.00926. The Morgan fingerprint density at radius 2 is 1.76 bits per heavy atom. The number of nitrogens with one attached hydrogen (secondary N) is 2. The first-order chi connectivity index (χ1) is 16.3. The number of aromatic nitrogens is 2. The molecule has 0 unspecified atom stereocenters. The second kappa shape index (κ2) is 10.2. The molecule has 2 atom stereocenters. The molecule has 4 rings (SSSR count). The summed E-state index contributed by atoms with van der Waals surface area (Å²) < 4.78 is 13.1. The molecule has 7 heteroatoms. The van der Waals surface area contributed by atoms with Crippen LogP contribution >= 0.6 is 0 Å². The van der Waals surface area contributed by atoms with Gasteiger partial charge in [-0.2, -0.15) is 10.2 Å². The zero-order valence-electron chi connectivity index (χ0n) is 19.6. The van der Waals surface area contributed by atoms with E-state index >= 15 is 0 Å². The van der Waals surface area contributed by atoms with Gasteiger partial charge in [-0.05, 0) is 59.9 Å². The van der Waals surface area contributed by atoms with Gasteiger partial charge < -0.3 is 15.7 Å². The number of nitrogens with zero attached hydrogens (tertiary/aromatic N) is 3. The lowest BCUT2D eigenvalue weighted by atomic mass is 9.73. The first-order valence-corrected chi connectivity index (χ1v) is 11.6. The van der Waals surface area contributed by atoms with Crippen molar-refractivity contribution >= 4 is 11.8 Å². The summed E-state index contributed by atoms with van der Waals surface area (Å²) in [5.41, 5.74) is 3.41. The smallest absolute Gasteiger partial charge is 0.224 e. The zero-order valence-corrected chi connectivity index (χ0v) is 19.6. The first-order valence-electron chi connectivity index (χ1n) is 11.6. The molecule has 1 aromatic heterocycles. The van der Waals surface area contributed by atoms with Crippen LogP contribution in [-0.2, 0) is 6.42 Å². The van der Waals surface area contributed by atoms with Crippen molar-refractivity contribution in [2.75, 3.05) is 17.2 Å². The number of benzene rings is 2. The molecule has 176 valence electrons. The van der Waals surface area contributed by atoms with Crippen LogP contribution < -0.4 is 10.6 Å². The number of halogens is 1. The number of anilines is 2. The normalized spacial score (nSPS) is 19.3. The van der Waals surface area contributed by atoms with Crippen molar-refractivity contribution in [3.63, 3.8) is 0 Å². The lowest BCUT2D eigenvalue weighted by Crippen LogP contribution is -2.41. The van der Waals surface area contributed by atoms with Gasteiger partial charge >= 0.3 is 0 Å². The second-order valence-corrected chi connectivity index (χ2v) is 9.58. The van der Waals surface area contributed by atoms with Crippen LogP contribution in [0.15, 0.2) is 54.7 Å². The molecule has 1 aliphatic rings. The number of aliphatic hydroxyl groups is 1. The van der Waals surface area contributed by atoms with Gasteiger partial charge in [0.15, 0.2) is 0 Å². The monoisotopic (exact) mass is 459 g/mol. The molecule has 3 N–H and O–H groups in total. The van der Waals surface area contributed by atoms with Crippen LogP contribution in [0.5, 0.6) is 0 Å². The van der Waals surface area contributed by atoms with Crippen LogP contribution in [0.3, 0.4) is 0 Å². The number of hydrogen-bond acceptors (Lipinski definition) is 6. The summed E-state index contributed by atoms with van der Waals surface area (Å²) >= 11 is 0. The number of aliphatic hydroxyl groups excluding tert-OH is 1. The third-order valence-corrected chi connectivity index (χ3v) is 6.54. The van der Waals surface area contributed by atoms with E-state index < -0.39 is 0 Å². The van der Waals surface area contributed by atoms with Gasteiger partial charge in [-0.25, -0.2) is 9.37 Å². The number of nitriles is 1. The summed E-state index contributed by atoms with van der Waals surface area (Å²) in [5, 5.41) is 26.3. The predicted octanol–water partition coefficient (Wildman–Crippen LogP) is 5.16. The van der Waals surface area contributed by atoms with Gasteiger partial charge in [-0.15, -0.1) is 0 Å². The molecule has 0 bridgehead atoms. The quantitative estimate of drug-likeness (QED) is 0.452. The standard InChI is InChI=1S/C27H30FN5O/c1-27(2)15-23(11-12-24(27)34)32-25-21(16-29)17-31-26(33-25)30-14-13-18-3-5-19(6-4-18)20-7-9-22(28)10-8-20/h3-10,17,23-24,34H,11-15H2,1-2H3,(H2,30,31,32,33)/t23-,24+/m1/s1. The average Bonchev–Trinajstić information content (AvgIpc) is 2.82. The molecule has 0 spiro atoms. The van der Waals surface area contributed by atoms with E-state index in [2.05, 4.69) is 52.7 Å². The largest absolute Gasteiger partial charge is 0.393 e. The maximum Gasteiger partial charge on any atom is 0.224 e. The van der Waals surface area contributed by atoms with Gasteiger partial charge in [0.25, 0.3) is 0 Å². The molecule has 3 aromatic rings. The number of hydrogen-bond donors (Lipinski definition) is 3. The SMILES string of the molecule is CC1(C)C[C@H](Nc2nc(NCCc3ccc(-c4ccc(F)cc4)cc3)ncc2C#N)CC[C@@H]1O. The van der Waals surface area contributed by atoms with E-state index in [0.29, 0.717) is 23.9 Å². The van der Waals surface area contributed by atoms with Crippen LogP contribution in [0.25, 0.3) is 11.1 Å². The van der Waals surface area contributed by atoms with Gasteiger partial charge in [0.05, 0.1) is 12.3 Å². The van der Waals surface area contributed by atoms with Gasteiger partial charge in [-0.3, -0.25) is 0 Å². The average molecular weight is 460 g/mol. The van der Waals surface area contributed by atoms with Crippen molar-refractivity contribution in [2.24, 2.45) is 5.41 Å². The molecular weight excluding hydrogens is 429 g/mol. The number of rotatable bonds is 7. The Labute approximate surface area is 199 Å². The van der Waals surface area contributed by atoms with Crippen LogP contribution in [0.2, 0.25) is 0 Å². The van der Waals surface area contributed by atoms with Crippen molar-refractivity contribution in [3.8, 4) is 17.2 Å². The molecule has 34 heavy (non-hydrogen) atoms. The lowest BCUT2D eigenvalue weighted by Gasteiger charge is -2.40. The Kier molecular flexibility index (Phi) is 7.09. The highest BCUT2D eigenvalue weighted by molar-refractivity contribution is 5.63. The fourth-order valence-corrected chi connectivity index (χ4v) is 4.42. The Bertz CT molecular complexity index is 1160. The van der Waals surface area contributed by atoms with Crippen LogP contribution in [-0.4, -0.2) is 33.8 Å². The third kappa shape index (κ3) is 5.70. The summed E-state index contributed by atoms with van der Waals surface area (Å²) in [6.45, 7) is 4.77. The second-order valence-electron chi connectivity index (χ2n) is 9.58. The van der Waals surface area contributed by atoms with Crippen LogP contribution in [0.1, 0.15) is 44.2 Å². The summed E-state index contributed by atoms with van der Waals surface area (Å²) in [6.07, 6.45) is 4.37. The maximum absolute atomic E-state index is 13.1. The molecule has 2 aromatic carbocycles. The van der Waals surface area contributed by atoms with Crippen LogP contribution in [0.4, 0.5) is 16.2 Å². The summed E-state index contributed by atoms with van der Waals surface area (Å²) in [6, 6.07) is 17.0. The first kappa shape index (κ1) is 23.7. The van der Waals surface area contributed by atoms with E-state index in [1.165, 1.54) is 18.3 Å². The highest BCUT2D eigenvalue weighted by atomic mass is 19.1. The molecule has 1 heterocycles. The van der Waals surface area contributed by atoms with E-state index in [-0.39, 0.29) is 23.4 Å². The Balaban J connectivity index is 1.35. The van der Waals surface area contributed by atoms with E-state index in [0.717, 1.165) is 42.4 Å². The highest BCUT2D eigenvalue weighted by Crippen LogP contribution is 2.37. The van der Waals surface area contributed by atoms with Gasteiger partial charge in [0.2, 0.25) is 5.95 Å². The minimum atomic E-state index is -0.312. The van der Waals surface area contributed by atoms with Gasteiger partial charge in [0, 0.05) is 12.6 Å². The molecule has 1 aliphatic carbocycles. The van der Waals surface area contributed by atoms with Crippen molar-refractivity contribution in [1.82, 2.24) is 9.97 Å². The van der Waals surface area contributed by atoms with Crippen molar-refractivity contribution < 1.29 is 9.50 Å². The van der Waals surface area contributed by atoms with E-state index in [4.69, 9.17) is 0 Å². The molecule has 0 saturated heterocycles. The van der Waals surface area contributed by atoms with Gasteiger partial charge in [0.1, 0.15) is 23.3 Å². The zero-order chi connectivity index (χ0) is 24.1. The Morgan fingerprint density at radius 1 is 1.09 bits per heavy atom. The Hall–Kier alpha value is -3.50. The van der Waals surface area contributed by atoms with Crippen molar-refractivity contribution in [2.45, 2.75) is 51.7 Å². The summed E-state index contributed by atoms with van der Waals surface area (Å²) in [4.78, 5) is 8.83. The highest BCUT2D eigenvalue weighted by Gasteiger charge is 2.35. The fraction of sp³-hybridized carbons (Fsp3) is 0.370. The van der Waals surface area contributed by atoms with Crippen molar-refractivity contribution in [1.29, 1.82) is 5.26 Å². The predicted molar refractivity (Wildman–Crippen MR) is 132 cm³/mol. The topological polar surface area (TPSA) is 93.9 Å².